The summed E-state index contributed by atoms with van der Waals surface area (Å²) in [6.45, 7) is 8.59. The van der Waals surface area contributed by atoms with Gasteiger partial charge in [-0.15, -0.1) is 13.2 Å². The molecule has 0 amide bonds. The van der Waals surface area contributed by atoms with Crippen LogP contribution in [-0.2, 0) is 5.41 Å². The van der Waals surface area contributed by atoms with E-state index in [0.717, 1.165) is 18.5 Å². The zero-order chi connectivity index (χ0) is 17.3. The fourth-order valence-corrected chi connectivity index (χ4v) is 3.05. The van der Waals surface area contributed by atoms with Crippen LogP contribution in [0.5, 0.6) is 0 Å². The number of para-hydroxylation sites is 1. The summed E-state index contributed by atoms with van der Waals surface area (Å²) in [5.74, 6) is 0. The molecule has 0 aliphatic carbocycles. The Morgan fingerprint density at radius 2 is 1.46 bits per heavy atom. The van der Waals surface area contributed by atoms with Crippen LogP contribution >= 0.6 is 12.2 Å². The second-order valence-electron chi connectivity index (χ2n) is 5.81. The van der Waals surface area contributed by atoms with Gasteiger partial charge in [-0.2, -0.15) is 0 Å². The van der Waals surface area contributed by atoms with Crippen molar-refractivity contribution in [2.24, 2.45) is 0 Å². The summed E-state index contributed by atoms with van der Waals surface area (Å²) in [6.07, 6.45) is 5.63. The highest BCUT2D eigenvalue weighted by molar-refractivity contribution is 7.80. The zero-order valence-electron chi connectivity index (χ0n) is 13.9. The van der Waals surface area contributed by atoms with Gasteiger partial charge in [0.15, 0.2) is 5.11 Å². The molecule has 124 valence electrons. The van der Waals surface area contributed by atoms with E-state index >= 15 is 0 Å². The van der Waals surface area contributed by atoms with Crippen molar-refractivity contribution in [2.75, 3.05) is 11.9 Å². The number of benzene rings is 2. The molecule has 0 saturated carbocycles. The monoisotopic (exact) mass is 336 g/mol. The molecule has 0 spiro atoms. The number of anilines is 1. The second-order valence-corrected chi connectivity index (χ2v) is 6.21. The predicted molar refractivity (Wildman–Crippen MR) is 108 cm³/mol. The zero-order valence-corrected chi connectivity index (χ0v) is 14.7. The Labute approximate surface area is 150 Å². The van der Waals surface area contributed by atoms with Crippen molar-refractivity contribution in [1.29, 1.82) is 0 Å². The minimum absolute atomic E-state index is 0.104. The molecule has 2 N–H and O–H groups in total. The molecule has 0 aromatic heterocycles. The number of nitrogens with one attached hydrogen (secondary N) is 2. The summed E-state index contributed by atoms with van der Waals surface area (Å²) in [7, 11) is 0. The summed E-state index contributed by atoms with van der Waals surface area (Å²) in [5, 5.41) is 7.20. The average Bonchev–Trinajstić information content (AvgIpc) is 2.62. The van der Waals surface area contributed by atoms with Crippen LogP contribution < -0.4 is 10.6 Å². The standard InChI is InChI=1S/C21H24N2S/c1-3-15-21(16-4-2,18-11-7-5-8-12-18)17-22-20(24)23-19-13-9-6-10-14-19/h3-14H,1-2,15-17H2,(H2,22,23,24). The fraction of sp³-hybridized carbons (Fsp3) is 0.190. The molecule has 0 unspecified atom stereocenters. The van der Waals surface area contributed by atoms with E-state index < -0.39 is 0 Å². The Hall–Kier alpha value is -2.39. The lowest BCUT2D eigenvalue weighted by Crippen LogP contribution is -2.42. The Bertz CT molecular complexity index is 655. The van der Waals surface area contributed by atoms with Crippen molar-refractivity contribution in [3.63, 3.8) is 0 Å². The smallest absolute Gasteiger partial charge is 0.170 e. The molecule has 0 fully saturated rings. The SMILES string of the molecule is C=CCC(CC=C)(CNC(=S)Nc1ccccc1)c1ccccc1. The predicted octanol–water partition coefficient (Wildman–Crippen LogP) is 5.06. The Morgan fingerprint density at radius 1 is 0.917 bits per heavy atom. The van der Waals surface area contributed by atoms with Crippen LogP contribution in [0.3, 0.4) is 0 Å². The molecule has 0 bridgehead atoms. The van der Waals surface area contributed by atoms with Gasteiger partial charge in [0.25, 0.3) is 0 Å². The van der Waals surface area contributed by atoms with E-state index in [1.165, 1.54) is 5.56 Å². The molecule has 0 aliphatic heterocycles. The van der Waals surface area contributed by atoms with Crippen molar-refractivity contribution >= 4 is 23.0 Å². The number of hydrogen-bond donors (Lipinski definition) is 2. The van der Waals surface area contributed by atoms with Crippen LogP contribution in [0.2, 0.25) is 0 Å². The molecule has 0 heterocycles. The van der Waals surface area contributed by atoms with E-state index in [1.54, 1.807) is 0 Å². The van der Waals surface area contributed by atoms with Gasteiger partial charge in [-0.1, -0.05) is 60.7 Å². The molecule has 2 aromatic carbocycles. The van der Waals surface area contributed by atoms with E-state index in [4.69, 9.17) is 12.2 Å². The number of hydrogen-bond acceptors (Lipinski definition) is 1. The van der Waals surface area contributed by atoms with Gasteiger partial charge in [-0.05, 0) is 42.8 Å². The molecular weight excluding hydrogens is 312 g/mol. The van der Waals surface area contributed by atoms with Gasteiger partial charge in [0.1, 0.15) is 0 Å². The van der Waals surface area contributed by atoms with E-state index in [1.807, 2.05) is 48.6 Å². The topological polar surface area (TPSA) is 24.1 Å². The van der Waals surface area contributed by atoms with Crippen molar-refractivity contribution < 1.29 is 0 Å². The van der Waals surface area contributed by atoms with Gasteiger partial charge in [-0.25, -0.2) is 0 Å². The first kappa shape index (κ1) is 18.0. The lowest BCUT2D eigenvalue weighted by atomic mass is 9.75. The third-order valence-electron chi connectivity index (χ3n) is 4.08. The molecule has 24 heavy (non-hydrogen) atoms. The molecule has 2 nitrogen and oxygen atoms in total. The second kappa shape index (κ2) is 9.04. The van der Waals surface area contributed by atoms with Gasteiger partial charge in [-0.3, -0.25) is 0 Å². The molecular formula is C21H24N2S. The molecule has 0 atom stereocenters. The molecule has 2 aromatic rings. The van der Waals surface area contributed by atoms with Crippen LogP contribution in [0.15, 0.2) is 86.0 Å². The number of thiocarbonyl (C=S) groups is 1. The van der Waals surface area contributed by atoms with Gasteiger partial charge in [0.05, 0.1) is 0 Å². The molecule has 3 heteroatoms. The first-order chi connectivity index (χ1) is 11.7. The van der Waals surface area contributed by atoms with E-state index in [-0.39, 0.29) is 5.41 Å². The fourth-order valence-electron chi connectivity index (χ4n) is 2.86. The van der Waals surface area contributed by atoms with Crippen molar-refractivity contribution in [2.45, 2.75) is 18.3 Å². The van der Waals surface area contributed by atoms with Crippen LogP contribution in [0, 0.1) is 0 Å². The summed E-state index contributed by atoms with van der Waals surface area (Å²) in [5.41, 5.74) is 2.14. The summed E-state index contributed by atoms with van der Waals surface area (Å²) < 4.78 is 0. The van der Waals surface area contributed by atoms with Crippen LogP contribution in [-0.4, -0.2) is 11.7 Å². The van der Waals surface area contributed by atoms with Crippen LogP contribution in [0.4, 0.5) is 5.69 Å². The number of allylic oxidation sites excluding steroid dienone is 2. The van der Waals surface area contributed by atoms with E-state index in [2.05, 4.69) is 48.1 Å². The quantitative estimate of drug-likeness (QED) is 0.520. The normalized spacial score (nSPS) is 10.7. The van der Waals surface area contributed by atoms with Gasteiger partial charge < -0.3 is 10.6 Å². The molecule has 0 saturated heterocycles. The third-order valence-corrected chi connectivity index (χ3v) is 4.32. The third kappa shape index (κ3) is 4.80. The van der Waals surface area contributed by atoms with Crippen molar-refractivity contribution in [1.82, 2.24) is 5.32 Å². The largest absolute Gasteiger partial charge is 0.362 e. The minimum atomic E-state index is -0.104. The van der Waals surface area contributed by atoms with Crippen molar-refractivity contribution in [3.8, 4) is 0 Å². The van der Waals surface area contributed by atoms with E-state index in [9.17, 15) is 0 Å². The van der Waals surface area contributed by atoms with Gasteiger partial charge in [0.2, 0.25) is 0 Å². The summed E-state index contributed by atoms with van der Waals surface area (Å²) in [4.78, 5) is 0. The molecule has 0 radical (unpaired) electrons. The maximum absolute atomic E-state index is 5.45. The highest BCUT2D eigenvalue weighted by Gasteiger charge is 2.29. The Balaban J connectivity index is 2.11. The Kier molecular flexibility index (Phi) is 6.76. The Morgan fingerprint density at radius 3 is 2.00 bits per heavy atom. The highest BCUT2D eigenvalue weighted by Crippen LogP contribution is 2.32. The van der Waals surface area contributed by atoms with Gasteiger partial charge in [0, 0.05) is 17.6 Å². The van der Waals surface area contributed by atoms with Crippen molar-refractivity contribution in [3.05, 3.63) is 91.5 Å². The van der Waals surface area contributed by atoms with Gasteiger partial charge >= 0.3 is 0 Å². The minimum Gasteiger partial charge on any atom is -0.362 e. The average molecular weight is 337 g/mol. The molecule has 0 aliphatic rings. The first-order valence-electron chi connectivity index (χ1n) is 8.07. The van der Waals surface area contributed by atoms with Crippen LogP contribution in [0.1, 0.15) is 18.4 Å². The lowest BCUT2D eigenvalue weighted by Gasteiger charge is -2.33. The highest BCUT2D eigenvalue weighted by atomic mass is 32.1. The van der Waals surface area contributed by atoms with E-state index in [0.29, 0.717) is 11.7 Å². The lowest BCUT2D eigenvalue weighted by molar-refractivity contribution is 0.430. The first-order valence-corrected chi connectivity index (χ1v) is 8.48. The summed E-state index contributed by atoms with van der Waals surface area (Å²) >= 11 is 5.45. The van der Waals surface area contributed by atoms with Crippen LogP contribution in [0.25, 0.3) is 0 Å². The maximum Gasteiger partial charge on any atom is 0.170 e. The molecule has 2 rings (SSSR count). The number of rotatable bonds is 8. The maximum atomic E-state index is 5.45. The summed E-state index contributed by atoms with van der Waals surface area (Å²) in [6, 6.07) is 20.4.